The summed E-state index contributed by atoms with van der Waals surface area (Å²) in [6, 6.07) is 5.90. The molecule has 0 amide bonds. The van der Waals surface area contributed by atoms with E-state index in [1.807, 2.05) is 60.6 Å². The van der Waals surface area contributed by atoms with Crippen molar-refractivity contribution in [1.82, 2.24) is 0 Å². The lowest BCUT2D eigenvalue weighted by Gasteiger charge is -2.60. The largest absolute Gasteiger partial charge is 0.508 e. The summed E-state index contributed by atoms with van der Waals surface area (Å²) in [5.41, 5.74) is 0.430. The molecule has 2 bridgehead atoms. The quantitative estimate of drug-likeness (QED) is 0.0937. The van der Waals surface area contributed by atoms with Crippen molar-refractivity contribution in [3.63, 3.8) is 0 Å². The zero-order valence-electron chi connectivity index (χ0n) is 27.6. The Kier molecular flexibility index (Phi) is 10.3. The summed E-state index contributed by atoms with van der Waals surface area (Å²) in [5.74, 6) is -2.25. The van der Waals surface area contributed by atoms with Gasteiger partial charge >= 0.3 is 0 Å². The van der Waals surface area contributed by atoms with E-state index in [-0.39, 0.29) is 41.4 Å². The van der Waals surface area contributed by atoms with Gasteiger partial charge in [0, 0.05) is 5.56 Å². The van der Waals surface area contributed by atoms with E-state index in [0.717, 1.165) is 29.6 Å². The Morgan fingerprint density at radius 1 is 0.860 bits per heavy atom. The van der Waals surface area contributed by atoms with Crippen LogP contribution in [-0.4, -0.2) is 27.6 Å². The van der Waals surface area contributed by atoms with Gasteiger partial charge in [-0.25, -0.2) is 0 Å². The van der Waals surface area contributed by atoms with E-state index >= 15 is 0 Å². The molecule has 2 aliphatic carbocycles. The van der Waals surface area contributed by atoms with E-state index in [4.69, 9.17) is 0 Å². The average Bonchev–Trinajstić information content (AvgIpc) is 2.91. The number of rotatable bonds is 10. The molecule has 1 aromatic rings. The van der Waals surface area contributed by atoms with E-state index in [0.29, 0.717) is 12.8 Å². The van der Waals surface area contributed by atoms with Crippen LogP contribution in [0.2, 0.25) is 0 Å². The van der Waals surface area contributed by atoms with Crippen molar-refractivity contribution >= 4 is 23.1 Å². The molecule has 0 aliphatic heterocycles. The first-order chi connectivity index (χ1) is 20.0. The lowest BCUT2D eigenvalue weighted by atomic mass is 9.38. The molecule has 3 rings (SSSR count). The van der Waals surface area contributed by atoms with Crippen LogP contribution in [0.5, 0.6) is 5.75 Å². The predicted octanol–water partition coefficient (Wildman–Crippen LogP) is 9.20. The van der Waals surface area contributed by atoms with Gasteiger partial charge in [-0.05, 0) is 110 Å². The molecule has 5 nitrogen and oxygen atoms in total. The summed E-state index contributed by atoms with van der Waals surface area (Å²) in [6.45, 7) is 18.0. The molecule has 1 aromatic carbocycles. The first-order valence-corrected chi connectivity index (χ1v) is 15.4. The van der Waals surface area contributed by atoms with Gasteiger partial charge in [-0.15, -0.1) is 0 Å². The number of Topliss-reactive ketones (excluding diaryl/α,β-unsaturated/α-hetero) is 3. The van der Waals surface area contributed by atoms with Gasteiger partial charge < -0.3 is 10.2 Å². The van der Waals surface area contributed by atoms with Gasteiger partial charge in [0.1, 0.15) is 22.5 Å². The van der Waals surface area contributed by atoms with E-state index in [1.165, 1.54) is 17.7 Å². The van der Waals surface area contributed by atoms with Crippen LogP contribution in [0.25, 0.3) is 5.76 Å². The molecule has 2 fully saturated rings. The molecule has 2 N–H and O–H groups in total. The van der Waals surface area contributed by atoms with E-state index in [1.54, 1.807) is 12.1 Å². The van der Waals surface area contributed by atoms with Gasteiger partial charge in [0.15, 0.2) is 17.3 Å². The molecule has 0 unspecified atom stereocenters. The number of hydrogen-bond acceptors (Lipinski definition) is 5. The third-order valence-corrected chi connectivity index (χ3v) is 9.69. The number of hydrogen-bond donors (Lipinski definition) is 2. The monoisotopic (exact) mass is 586 g/mol. The minimum atomic E-state index is -1.54. The number of benzene rings is 1. The number of fused-ring (bicyclic) bond motifs is 2. The van der Waals surface area contributed by atoms with Crippen molar-refractivity contribution in [2.75, 3.05) is 0 Å². The number of aromatic hydroxyl groups is 1. The van der Waals surface area contributed by atoms with Gasteiger partial charge in [0.25, 0.3) is 0 Å². The Hall–Kier alpha value is -3.47. The molecule has 0 spiro atoms. The van der Waals surface area contributed by atoms with E-state index < -0.39 is 33.6 Å². The fourth-order valence-corrected chi connectivity index (χ4v) is 6.85. The molecule has 0 saturated heterocycles. The van der Waals surface area contributed by atoms with Gasteiger partial charge in [0.05, 0.1) is 5.41 Å². The lowest BCUT2D eigenvalue weighted by Crippen LogP contribution is -2.69. The summed E-state index contributed by atoms with van der Waals surface area (Å²) in [5, 5.41) is 21.7. The van der Waals surface area contributed by atoms with Crippen molar-refractivity contribution in [3.05, 3.63) is 82.0 Å². The number of carbonyl (C=O) groups is 3. The summed E-state index contributed by atoms with van der Waals surface area (Å²) >= 11 is 0. The highest BCUT2D eigenvalue weighted by molar-refractivity contribution is 6.41. The normalized spacial score (nSPS) is 26.1. The number of aliphatic hydroxyl groups excluding tert-OH is 1. The third-order valence-electron chi connectivity index (χ3n) is 9.69. The van der Waals surface area contributed by atoms with Crippen LogP contribution >= 0.6 is 0 Å². The van der Waals surface area contributed by atoms with Crippen molar-refractivity contribution in [1.29, 1.82) is 0 Å². The summed E-state index contributed by atoms with van der Waals surface area (Å²) in [6.07, 6.45) is 11.1. The fraction of sp³-hybridized carbons (Fsp3) is 0.500. The van der Waals surface area contributed by atoms with Crippen LogP contribution in [0.15, 0.2) is 76.4 Å². The molecular formula is C38H50O5. The molecule has 5 heteroatoms. The topological polar surface area (TPSA) is 91.7 Å². The van der Waals surface area contributed by atoms with Crippen molar-refractivity contribution in [2.45, 2.75) is 101 Å². The van der Waals surface area contributed by atoms with Crippen molar-refractivity contribution in [2.24, 2.45) is 22.2 Å². The van der Waals surface area contributed by atoms with Crippen LogP contribution in [-0.2, 0) is 14.4 Å². The smallest absolute Gasteiger partial charge is 0.184 e. The zero-order chi connectivity index (χ0) is 32.3. The van der Waals surface area contributed by atoms with Crippen LogP contribution < -0.4 is 0 Å². The summed E-state index contributed by atoms with van der Waals surface area (Å²) in [4.78, 5) is 44.5. The molecule has 232 valence electrons. The number of phenols is 1. The van der Waals surface area contributed by atoms with Gasteiger partial charge in [-0.3, -0.25) is 14.4 Å². The lowest BCUT2D eigenvalue weighted by molar-refractivity contribution is -0.176. The van der Waals surface area contributed by atoms with Gasteiger partial charge in [-0.1, -0.05) is 72.6 Å². The number of allylic oxidation sites excluding steroid dienone is 9. The number of phenolic OH excluding ortho intramolecular Hbond substituents is 1. The SMILES string of the molecule is CC(C)=CCCC(C)=CC[C@]12C[C@H](CC=C(C)C)C(C)(C)[C@](CC=C(C)C)(C(=O)C(=C(O)c3cccc(O)c3)C1=O)C2=O. The van der Waals surface area contributed by atoms with Crippen LogP contribution in [0.4, 0.5) is 0 Å². The Balaban J connectivity index is 2.36. The van der Waals surface area contributed by atoms with Crippen LogP contribution in [0.3, 0.4) is 0 Å². The minimum absolute atomic E-state index is 0.0948. The molecule has 2 saturated carbocycles. The van der Waals surface area contributed by atoms with E-state index in [2.05, 4.69) is 26.0 Å². The van der Waals surface area contributed by atoms with E-state index in [9.17, 15) is 24.6 Å². The number of ketones is 3. The average molecular weight is 587 g/mol. The fourth-order valence-electron chi connectivity index (χ4n) is 6.85. The number of carbonyl (C=O) groups excluding carboxylic acids is 3. The third kappa shape index (κ3) is 6.41. The highest BCUT2D eigenvalue weighted by atomic mass is 16.3. The molecular weight excluding hydrogens is 536 g/mol. The molecule has 0 radical (unpaired) electrons. The van der Waals surface area contributed by atoms with Crippen LogP contribution in [0.1, 0.15) is 106 Å². The highest BCUT2D eigenvalue weighted by Crippen LogP contribution is 2.65. The minimum Gasteiger partial charge on any atom is -0.508 e. The van der Waals surface area contributed by atoms with Crippen LogP contribution in [0, 0.1) is 22.2 Å². The molecule has 0 aromatic heterocycles. The first kappa shape index (κ1) is 34.0. The van der Waals surface area contributed by atoms with Crippen molar-refractivity contribution < 1.29 is 24.6 Å². The molecule has 2 aliphatic rings. The standard InChI is InChI=1S/C38H50O5/c1-24(2)12-10-13-27(7)19-20-37-23-29(17-16-25(3)4)36(8,9)38(35(37)43,21-18-26(5)6)34(42)31(33(37)41)32(40)28-14-11-15-30(39)22-28/h11-12,14-16,18-19,22,29,39-40H,10,13,17,20-21,23H2,1-9H3/t29-,37-,38+/m0/s1. The maximum atomic E-state index is 15.0. The maximum Gasteiger partial charge on any atom is 0.184 e. The second kappa shape index (κ2) is 13.0. The van der Waals surface area contributed by atoms with Crippen molar-refractivity contribution in [3.8, 4) is 5.75 Å². The first-order valence-electron chi connectivity index (χ1n) is 15.4. The molecule has 0 heterocycles. The number of aliphatic hydroxyl groups is 1. The Morgan fingerprint density at radius 3 is 2.07 bits per heavy atom. The second-order valence-electron chi connectivity index (χ2n) is 13.9. The zero-order valence-corrected chi connectivity index (χ0v) is 27.6. The van der Waals surface area contributed by atoms with Gasteiger partial charge in [0.2, 0.25) is 0 Å². The highest BCUT2D eigenvalue weighted by Gasteiger charge is 2.73. The second-order valence-corrected chi connectivity index (χ2v) is 13.9. The summed E-state index contributed by atoms with van der Waals surface area (Å²) in [7, 11) is 0. The molecule has 43 heavy (non-hydrogen) atoms. The maximum absolute atomic E-state index is 15.0. The molecule has 3 atom stereocenters. The Labute approximate surface area is 258 Å². The summed E-state index contributed by atoms with van der Waals surface area (Å²) < 4.78 is 0. The van der Waals surface area contributed by atoms with Gasteiger partial charge in [-0.2, -0.15) is 0 Å². The Bertz CT molecular complexity index is 1430. The predicted molar refractivity (Wildman–Crippen MR) is 175 cm³/mol. The Morgan fingerprint density at radius 2 is 1.49 bits per heavy atom.